The molecule has 0 spiro atoms. The average Bonchev–Trinajstić information content (AvgIpc) is 3.15. The smallest absolute Gasteiger partial charge is 0.283 e. The van der Waals surface area contributed by atoms with Crippen molar-refractivity contribution in [1.29, 1.82) is 0 Å². The molecule has 0 aliphatic heterocycles. The number of ether oxygens (including phenoxy) is 1. The number of rotatable bonds is 5. The van der Waals surface area contributed by atoms with E-state index < -0.39 is 4.92 Å². The van der Waals surface area contributed by atoms with Crippen molar-refractivity contribution in [2.45, 2.75) is 6.54 Å². The zero-order chi connectivity index (χ0) is 19.7. The van der Waals surface area contributed by atoms with Gasteiger partial charge in [0.05, 0.1) is 24.3 Å². The van der Waals surface area contributed by atoms with Crippen molar-refractivity contribution in [2.75, 3.05) is 7.11 Å². The number of hydrogen-bond acceptors (Lipinski definition) is 7. The van der Waals surface area contributed by atoms with Crippen LogP contribution in [-0.2, 0) is 6.54 Å². The zero-order valence-corrected chi connectivity index (χ0v) is 14.7. The van der Waals surface area contributed by atoms with Gasteiger partial charge < -0.3 is 4.74 Å². The summed E-state index contributed by atoms with van der Waals surface area (Å²) in [5.41, 5.74) is 1.50. The molecule has 0 amide bonds. The highest BCUT2D eigenvalue weighted by molar-refractivity contribution is 5.70. The van der Waals surface area contributed by atoms with Gasteiger partial charge in [0, 0.05) is 18.2 Å². The minimum Gasteiger partial charge on any atom is -0.497 e. The minimum atomic E-state index is -0.472. The fourth-order valence-electron chi connectivity index (χ4n) is 2.79. The lowest BCUT2D eigenvalue weighted by Gasteiger charge is -2.06. The Morgan fingerprint density at radius 3 is 2.68 bits per heavy atom. The number of benzene rings is 2. The van der Waals surface area contributed by atoms with Gasteiger partial charge in [0.15, 0.2) is 11.2 Å². The van der Waals surface area contributed by atoms with E-state index in [2.05, 4.69) is 15.3 Å². The van der Waals surface area contributed by atoms with Crippen molar-refractivity contribution >= 4 is 16.9 Å². The molecule has 0 saturated heterocycles. The molecule has 2 aromatic heterocycles. The summed E-state index contributed by atoms with van der Waals surface area (Å²) in [6.07, 6.45) is 1.41. The Labute approximate surface area is 157 Å². The van der Waals surface area contributed by atoms with Crippen LogP contribution in [0.1, 0.15) is 5.56 Å². The minimum absolute atomic E-state index is 0.00842. The van der Waals surface area contributed by atoms with Crippen molar-refractivity contribution in [3.05, 3.63) is 80.9 Å². The standard InChI is InChI=1S/C18H14N6O4/c1-28-15-4-2-3-14(9-15)23-17-16(20-21-23)18(25)22(11-19-17)10-12-5-7-13(8-6-12)24(26)27/h2-9,11H,10H2,1H3. The quantitative estimate of drug-likeness (QED) is 0.385. The Balaban J connectivity index is 1.70. The van der Waals surface area contributed by atoms with E-state index >= 15 is 0 Å². The molecule has 10 nitrogen and oxygen atoms in total. The number of hydrogen-bond donors (Lipinski definition) is 0. The van der Waals surface area contributed by atoms with Crippen molar-refractivity contribution in [1.82, 2.24) is 24.5 Å². The number of nitro groups is 1. The summed E-state index contributed by atoms with van der Waals surface area (Å²) < 4.78 is 8.06. The predicted molar refractivity (Wildman–Crippen MR) is 99.7 cm³/mol. The normalized spacial score (nSPS) is 10.9. The molecule has 2 aromatic carbocycles. The summed E-state index contributed by atoms with van der Waals surface area (Å²) in [5.74, 6) is 0.646. The Morgan fingerprint density at radius 2 is 1.96 bits per heavy atom. The van der Waals surface area contributed by atoms with Gasteiger partial charge in [0.25, 0.3) is 11.2 Å². The molecule has 0 radical (unpaired) electrons. The second-order valence-corrected chi connectivity index (χ2v) is 5.98. The Bertz CT molecular complexity index is 1230. The highest BCUT2D eigenvalue weighted by atomic mass is 16.6. The van der Waals surface area contributed by atoms with Gasteiger partial charge in [-0.3, -0.25) is 19.5 Å². The molecule has 0 aliphatic rings. The van der Waals surface area contributed by atoms with Crippen molar-refractivity contribution in [3.63, 3.8) is 0 Å². The first kappa shape index (κ1) is 17.3. The van der Waals surface area contributed by atoms with Crippen LogP contribution in [0.3, 0.4) is 0 Å². The van der Waals surface area contributed by atoms with E-state index in [-0.39, 0.29) is 23.3 Å². The molecule has 0 bridgehead atoms. The molecular weight excluding hydrogens is 364 g/mol. The van der Waals surface area contributed by atoms with Crippen LogP contribution in [0, 0.1) is 10.1 Å². The van der Waals surface area contributed by atoms with Crippen molar-refractivity contribution in [2.24, 2.45) is 0 Å². The average molecular weight is 378 g/mol. The maximum atomic E-state index is 12.7. The molecule has 0 N–H and O–H groups in total. The second-order valence-electron chi connectivity index (χ2n) is 5.98. The zero-order valence-electron chi connectivity index (χ0n) is 14.7. The van der Waals surface area contributed by atoms with Crippen LogP contribution in [-0.4, -0.2) is 36.6 Å². The monoisotopic (exact) mass is 378 g/mol. The summed E-state index contributed by atoms with van der Waals surface area (Å²) in [4.78, 5) is 27.4. The van der Waals surface area contributed by atoms with E-state index in [0.717, 1.165) is 5.56 Å². The van der Waals surface area contributed by atoms with Gasteiger partial charge >= 0.3 is 0 Å². The van der Waals surface area contributed by atoms with E-state index in [1.165, 1.54) is 27.7 Å². The van der Waals surface area contributed by atoms with Gasteiger partial charge in [-0.2, -0.15) is 4.68 Å². The number of aromatic nitrogens is 5. The van der Waals surface area contributed by atoms with Crippen molar-refractivity contribution in [3.8, 4) is 11.4 Å². The molecular formula is C18H14N6O4. The molecule has 2 heterocycles. The van der Waals surface area contributed by atoms with Crippen LogP contribution in [0.2, 0.25) is 0 Å². The van der Waals surface area contributed by atoms with Crippen LogP contribution < -0.4 is 10.3 Å². The number of fused-ring (bicyclic) bond motifs is 1. The lowest BCUT2D eigenvalue weighted by molar-refractivity contribution is -0.384. The van der Waals surface area contributed by atoms with Crippen LogP contribution in [0.25, 0.3) is 16.9 Å². The molecule has 0 fully saturated rings. The summed E-state index contributed by atoms with van der Waals surface area (Å²) >= 11 is 0. The third-order valence-electron chi connectivity index (χ3n) is 4.23. The van der Waals surface area contributed by atoms with Crippen LogP contribution in [0.4, 0.5) is 5.69 Å². The first-order valence-electron chi connectivity index (χ1n) is 8.25. The molecule has 28 heavy (non-hydrogen) atoms. The number of nitro benzene ring substituents is 1. The molecule has 0 unspecified atom stereocenters. The van der Waals surface area contributed by atoms with Crippen LogP contribution >= 0.6 is 0 Å². The lowest BCUT2D eigenvalue weighted by Crippen LogP contribution is -2.21. The highest BCUT2D eigenvalue weighted by Gasteiger charge is 2.14. The molecule has 4 rings (SSSR count). The molecule has 140 valence electrons. The van der Waals surface area contributed by atoms with Crippen LogP contribution in [0.5, 0.6) is 5.75 Å². The largest absolute Gasteiger partial charge is 0.497 e. The van der Waals surface area contributed by atoms with E-state index in [4.69, 9.17) is 4.74 Å². The first-order chi connectivity index (χ1) is 13.6. The summed E-state index contributed by atoms with van der Waals surface area (Å²) in [6, 6.07) is 13.2. The first-order valence-corrected chi connectivity index (χ1v) is 8.25. The fourth-order valence-corrected chi connectivity index (χ4v) is 2.79. The number of nitrogens with zero attached hydrogens (tertiary/aromatic N) is 6. The Morgan fingerprint density at radius 1 is 1.18 bits per heavy atom. The molecule has 0 saturated carbocycles. The molecule has 4 aromatic rings. The third kappa shape index (κ3) is 3.07. The predicted octanol–water partition coefficient (Wildman–Crippen LogP) is 1.94. The van der Waals surface area contributed by atoms with Gasteiger partial charge in [0.2, 0.25) is 0 Å². The van der Waals surface area contributed by atoms with E-state index in [9.17, 15) is 14.9 Å². The third-order valence-corrected chi connectivity index (χ3v) is 4.23. The van der Waals surface area contributed by atoms with E-state index in [1.807, 2.05) is 0 Å². The molecule has 0 aliphatic carbocycles. The van der Waals surface area contributed by atoms with Crippen molar-refractivity contribution < 1.29 is 9.66 Å². The van der Waals surface area contributed by atoms with Crippen LogP contribution in [0.15, 0.2) is 59.7 Å². The van der Waals surface area contributed by atoms with Gasteiger partial charge in [-0.05, 0) is 17.7 Å². The van der Waals surface area contributed by atoms with E-state index in [0.29, 0.717) is 17.1 Å². The highest BCUT2D eigenvalue weighted by Crippen LogP contribution is 2.18. The lowest BCUT2D eigenvalue weighted by atomic mass is 10.2. The SMILES string of the molecule is COc1cccc(-n2nnc3c(=O)n(Cc4ccc([N+](=O)[O-])cc4)cnc32)c1. The van der Waals surface area contributed by atoms with Gasteiger partial charge in [-0.25, -0.2) is 4.98 Å². The topological polar surface area (TPSA) is 118 Å². The maximum Gasteiger partial charge on any atom is 0.283 e. The number of non-ortho nitro benzene ring substituents is 1. The van der Waals surface area contributed by atoms with Gasteiger partial charge in [0.1, 0.15) is 12.1 Å². The fraction of sp³-hybridized carbons (Fsp3) is 0.111. The van der Waals surface area contributed by atoms with Gasteiger partial charge in [-0.1, -0.05) is 23.4 Å². The summed E-state index contributed by atoms with van der Waals surface area (Å²) in [6.45, 7) is 0.214. The Hall–Kier alpha value is -4.08. The number of methoxy groups -OCH3 is 1. The Kier molecular flexibility index (Phi) is 4.28. The summed E-state index contributed by atoms with van der Waals surface area (Å²) in [5, 5.41) is 18.8. The molecule has 0 atom stereocenters. The maximum absolute atomic E-state index is 12.7. The van der Waals surface area contributed by atoms with Gasteiger partial charge in [-0.15, -0.1) is 5.10 Å². The second kappa shape index (κ2) is 6.91. The molecule has 10 heteroatoms. The van der Waals surface area contributed by atoms with E-state index in [1.54, 1.807) is 43.5 Å². The summed E-state index contributed by atoms with van der Waals surface area (Å²) in [7, 11) is 1.56.